The number of benzene rings is 3. The van der Waals surface area contributed by atoms with Gasteiger partial charge in [0.15, 0.2) is 5.11 Å². The van der Waals surface area contributed by atoms with E-state index >= 15 is 0 Å². The van der Waals surface area contributed by atoms with Gasteiger partial charge in [0.1, 0.15) is 0 Å². The number of nitrogens with zero attached hydrogens (tertiary/aromatic N) is 1. The SMILES string of the molecule is O=C(NC(=S)Nc1cccc(Cl)c1N1CCOCC1)c1cccc2c(Cl)cccc12. The van der Waals surface area contributed by atoms with Crippen LogP contribution in [0.1, 0.15) is 10.4 Å². The van der Waals surface area contributed by atoms with Crippen molar-refractivity contribution in [2.75, 3.05) is 36.5 Å². The van der Waals surface area contributed by atoms with Gasteiger partial charge >= 0.3 is 0 Å². The van der Waals surface area contributed by atoms with Crippen LogP contribution in [0.2, 0.25) is 10.0 Å². The van der Waals surface area contributed by atoms with Crippen molar-refractivity contribution in [2.24, 2.45) is 0 Å². The molecule has 3 aromatic carbocycles. The van der Waals surface area contributed by atoms with Crippen LogP contribution in [-0.4, -0.2) is 37.3 Å². The fraction of sp³-hybridized carbons (Fsp3) is 0.182. The van der Waals surface area contributed by atoms with Crippen LogP contribution in [-0.2, 0) is 4.74 Å². The Morgan fingerprint density at radius 2 is 1.60 bits per heavy atom. The summed E-state index contributed by atoms with van der Waals surface area (Å²) in [5, 5.41) is 8.85. The Bertz CT molecular complexity index is 1120. The van der Waals surface area contributed by atoms with Crippen molar-refractivity contribution < 1.29 is 9.53 Å². The molecule has 1 aliphatic heterocycles. The number of hydrogen-bond donors (Lipinski definition) is 2. The van der Waals surface area contributed by atoms with Crippen LogP contribution in [0.3, 0.4) is 0 Å². The lowest BCUT2D eigenvalue weighted by molar-refractivity contribution is 0.0979. The minimum atomic E-state index is -0.310. The molecule has 5 nitrogen and oxygen atoms in total. The van der Waals surface area contributed by atoms with Gasteiger partial charge in [-0.1, -0.05) is 53.5 Å². The Hall–Kier alpha value is -2.38. The van der Waals surface area contributed by atoms with E-state index in [9.17, 15) is 4.79 Å². The van der Waals surface area contributed by atoms with Crippen LogP contribution in [0.15, 0.2) is 54.6 Å². The lowest BCUT2D eigenvalue weighted by Crippen LogP contribution is -2.38. The third kappa shape index (κ3) is 4.37. The molecule has 8 heteroatoms. The summed E-state index contributed by atoms with van der Waals surface area (Å²) >= 11 is 18.1. The number of para-hydroxylation sites is 1. The third-order valence-electron chi connectivity index (χ3n) is 4.90. The molecule has 1 aliphatic rings. The van der Waals surface area contributed by atoms with Gasteiger partial charge in [-0.15, -0.1) is 0 Å². The Morgan fingerprint density at radius 3 is 2.40 bits per heavy atom. The number of fused-ring (bicyclic) bond motifs is 1. The molecule has 1 amide bonds. The molecule has 0 atom stereocenters. The van der Waals surface area contributed by atoms with Crippen molar-refractivity contribution in [3.8, 4) is 0 Å². The van der Waals surface area contributed by atoms with Crippen LogP contribution in [0, 0.1) is 0 Å². The van der Waals surface area contributed by atoms with E-state index in [4.69, 9.17) is 40.2 Å². The van der Waals surface area contributed by atoms with Crippen LogP contribution < -0.4 is 15.5 Å². The van der Waals surface area contributed by atoms with Gasteiger partial charge in [0.2, 0.25) is 0 Å². The quantitative estimate of drug-likeness (QED) is 0.532. The topological polar surface area (TPSA) is 53.6 Å². The van der Waals surface area contributed by atoms with Crippen molar-refractivity contribution in [2.45, 2.75) is 0 Å². The Labute approximate surface area is 189 Å². The molecule has 3 aromatic rings. The molecule has 0 spiro atoms. The van der Waals surface area contributed by atoms with Gasteiger partial charge in [-0.2, -0.15) is 0 Å². The molecule has 1 fully saturated rings. The van der Waals surface area contributed by atoms with Gasteiger partial charge in [0.25, 0.3) is 5.91 Å². The summed E-state index contributed by atoms with van der Waals surface area (Å²) in [6.45, 7) is 2.73. The number of anilines is 2. The maximum atomic E-state index is 12.9. The minimum absolute atomic E-state index is 0.191. The van der Waals surface area contributed by atoms with Crippen molar-refractivity contribution in [3.05, 3.63) is 70.2 Å². The average molecular weight is 460 g/mol. The van der Waals surface area contributed by atoms with E-state index in [2.05, 4.69) is 15.5 Å². The molecule has 0 aliphatic carbocycles. The number of amides is 1. The van der Waals surface area contributed by atoms with Crippen molar-refractivity contribution in [1.29, 1.82) is 0 Å². The number of morpholine rings is 1. The Kier molecular flexibility index (Phi) is 6.39. The third-order valence-corrected chi connectivity index (χ3v) is 5.74. The summed E-state index contributed by atoms with van der Waals surface area (Å²) in [7, 11) is 0. The standard InChI is InChI=1S/C22H19Cl2N3O2S/c23-17-7-2-4-14-15(17)5-1-6-16(14)21(28)26-22(30)25-19-9-3-8-18(24)20(19)27-10-12-29-13-11-27/h1-9H,10-13H2,(H2,25,26,28,30). The normalized spacial score (nSPS) is 13.9. The number of halogens is 2. The molecular formula is C22H19Cl2N3O2S. The van der Waals surface area contributed by atoms with Gasteiger partial charge in [-0.3, -0.25) is 10.1 Å². The Balaban J connectivity index is 1.54. The van der Waals surface area contributed by atoms with E-state index in [-0.39, 0.29) is 11.0 Å². The predicted molar refractivity (Wildman–Crippen MR) is 127 cm³/mol. The summed E-state index contributed by atoms with van der Waals surface area (Å²) in [6, 6.07) is 16.5. The molecule has 1 saturated heterocycles. The van der Waals surface area contributed by atoms with E-state index < -0.39 is 0 Å². The average Bonchev–Trinajstić information content (AvgIpc) is 2.74. The van der Waals surface area contributed by atoms with Gasteiger partial charge in [0.05, 0.1) is 29.6 Å². The molecule has 154 valence electrons. The number of carbonyl (C=O) groups excluding carboxylic acids is 1. The van der Waals surface area contributed by atoms with Crippen LogP contribution >= 0.6 is 35.4 Å². The molecule has 2 N–H and O–H groups in total. The molecule has 0 unspecified atom stereocenters. The van der Waals surface area contributed by atoms with Gasteiger partial charge in [-0.25, -0.2) is 0 Å². The number of ether oxygens (including phenoxy) is 1. The molecular weight excluding hydrogens is 441 g/mol. The number of carbonyl (C=O) groups is 1. The van der Waals surface area contributed by atoms with Gasteiger partial charge in [-0.05, 0) is 41.9 Å². The fourth-order valence-electron chi connectivity index (χ4n) is 3.52. The van der Waals surface area contributed by atoms with Crippen molar-refractivity contribution in [3.63, 3.8) is 0 Å². The maximum absolute atomic E-state index is 12.9. The second-order valence-electron chi connectivity index (χ2n) is 6.78. The smallest absolute Gasteiger partial charge is 0.258 e. The summed E-state index contributed by atoms with van der Waals surface area (Å²) in [5.74, 6) is -0.310. The second-order valence-corrected chi connectivity index (χ2v) is 8.01. The van der Waals surface area contributed by atoms with Crippen molar-refractivity contribution >= 4 is 68.6 Å². The van der Waals surface area contributed by atoms with E-state index in [0.717, 1.165) is 35.2 Å². The zero-order valence-corrected chi connectivity index (χ0v) is 18.3. The van der Waals surface area contributed by atoms with E-state index in [0.29, 0.717) is 28.8 Å². The first-order valence-corrected chi connectivity index (χ1v) is 10.6. The predicted octanol–water partition coefficient (Wildman–Crippen LogP) is 5.11. The zero-order valence-electron chi connectivity index (χ0n) is 16.0. The lowest BCUT2D eigenvalue weighted by Gasteiger charge is -2.31. The van der Waals surface area contributed by atoms with Crippen LogP contribution in [0.25, 0.3) is 10.8 Å². The van der Waals surface area contributed by atoms with E-state index in [1.165, 1.54) is 0 Å². The zero-order chi connectivity index (χ0) is 21.1. The summed E-state index contributed by atoms with van der Waals surface area (Å²) in [5.41, 5.74) is 2.07. The fourth-order valence-corrected chi connectivity index (χ4v) is 4.25. The van der Waals surface area contributed by atoms with Gasteiger partial charge < -0.3 is 15.0 Å². The van der Waals surface area contributed by atoms with Crippen LogP contribution in [0.4, 0.5) is 11.4 Å². The first-order chi connectivity index (χ1) is 14.5. The molecule has 0 radical (unpaired) electrons. The van der Waals surface area contributed by atoms with E-state index in [1.54, 1.807) is 18.2 Å². The number of nitrogens with one attached hydrogen (secondary N) is 2. The second kappa shape index (κ2) is 9.18. The maximum Gasteiger partial charge on any atom is 0.258 e. The van der Waals surface area contributed by atoms with E-state index in [1.807, 2.05) is 36.4 Å². The summed E-state index contributed by atoms with van der Waals surface area (Å²) < 4.78 is 5.43. The van der Waals surface area contributed by atoms with Crippen LogP contribution in [0.5, 0.6) is 0 Å². The molecule has 0 bridgehead atoms. The minimum Gasteiger partial charge on any atom is -0.378 e. The molecule has 0 saturated carbocycles. The highest BCUT2D eigenvalue weighted by molar-refractivity contribution is 7.80. The number of rotatable bonds is 3. The largest absolute Gasteiger partial charge is 0.378 e. The highest BCUT2D eigenvalue weighted by Gasteiger charge is 2.19. The first-order valence-electron chi connectivity index (χ1n) is 9.45. The lowest BCUT2D eigenvalue weighted by atomic mass is 10.0. The molecule has 1 heterocycles. The summed E-state index contributed by atoms with van der Waals surface area (Å²) in [6.07, 6.45) is 0. The number of hydrogen-bond acceptors (Lipinski definition) is 4. The number of thiocarbonyl (C=S) groups is 1. The Morgan fingerprint density at radius 1 is 0.933 bits per heavy atom. The molecule has 0 aromatic heterocycles. The molecule has 30 heavy (non-hydrogen) atoms. The highest BCUT2D eigenvalue weighted by Crippen LogP contribution is 2.34. The van der Waals surface area contributed by atoms with Crippen molar-refractivity contribution in [1.82, 2.24) is 5.32 Å². The highest BCUT2D eigenvalue weighted by atomic mass is 35.5. The molecule has 4 rings (SSSR count). The summed E-state index contributed by atoms with van der Waals surface area (Å²) in [4.78, 5) is 15.0. The first kappa shape index (κ1) is 20.9. The monoisotopic (exact) mass is 459 g/mol. The van der Waals surface area contributed by atoms with Gasteiger partial charge in [0, 0.05) is 29.1 Å².